The van der Waals surface area contributed by atoms with Gasteiger partial charge in [0.2, 0.25) is 0 Å². The van der Waals surface area contributed by atoms with Crippen LogP contribution >= 0.6 is 0 Å². The average Bonchev–Trinajstić information content (AvgIpc) is 2.41. The number of aromatic hydroxyl groups is 1. The second-order valence-corrected chi connectivity index (χ2v) is 8.38. The van der Waals surface area contributed by atoms with Gasteiger partial charge in [0.15, 0.2) is 0 Å². The third-order valence-electron chi connectivity index (χ3n) is 6.59. The molecular formula is C21H30O2. The molecule has 1 N–H and O–H groups in total. The molecule has 23 heavy (non-hydrogen) atoms. The lowest BCUT2D eigenvalue weighted by molar-refractivity contribution is -0.0868. The van der Waals surface area contributed by atoms with Gasteiger partial charge in [-0.3, -0.25) is 0 Å². The lowest BCUT2D eigenvalue weighted by atomic mass is 9.49. The summed E-state index contributed by atoms with van der Waals surface area (Å²) in [5.74, 6) is 1.26. The van der Waals surface area contributed by atoms with Crippen LogP contribution < -0.4 is 4.74 Å². The van der Waals surface area contributed by atoms with E-state index in [4.69, 9.17) is 4.74 Å². The Labute approximate surface area is 140 Å². The molecule has 1 aromatic rings. The van der Waals surface area contributed by atoms with Crippen LogP contribution in [0.1, 0.15) is 71.9 Å². The summed E-state index contributed by atoms with van der Waals surface area (Å²) in [6.45, 7) is 13.4. The molecule has 2 aliphatic rings. The van der Waals surface area contributed by atoms with E-state index >= 15 is 0 Å². The van der Waals surface area contributed by atoms with E-state index in [1.807, 2.05) is 6.07 Å². The summed E-state index contributed by atoms with van der Waals surface area (Å²) >= 11 is 0. The van der Waals surface area contributed by atoms with Crippen LogP contribution in [0.2, 0.25) is 0 Å². The molecule has 1 heterocycles. The quantitative estimate of drug-likeness (QED) is 0.728. The second-order valence-electron chi connectivity index (χ2n) is 8.38. The number of aryl methyl sites for hydroxylation is 1. The van der Waals surface area contributed by atoms with Crippen LogP contribution in [-0.2, 0) is 11.8 Å². The van der Waals surface area contributed by atoms with E-state index in [9.17, 15) is 5.11 Å². The Bertz CT molecular complexity index is 671. The van der Waals surface area contributed by atoms with Gasteiger partial charge in [0.25, 0.3) is 0 Å². The van der Waals surface area contributed by atoms with Crippen molar-refractivity contribution in [1.82, 2.24) is 0 Å². The van der Waals surface area contributed by atoms with E-state index in [2.05, 4.69) is 53.7 Å². The van der Waals surface area contributed by atoms with Crippen LogP contribution in [0.3, 0.4) is 0 Å². The summed E-state index contributed by atoms with van der Waals surface area (Å²) in [5, 5.41) is 10.8. The molecule has 2 atom stereocenters. The molecule has 3 rings (SSSR count). The van der Waals surface area contributed by atoms with Gasteiger partial charge in [-0.15, -0.1) is 0 Å². The van der Waals surface area contributed by atoms with Crippen molar-refractivity contribution in [1.29, 1.82) is 0 Å². The first kappa shape index (κ1) is 16.4. The lowest BCUT2D eigenvalue weighted by Gasteiger charge is -2.60. The zero-order valence-electron chi connectivity index (χ0n) is 15.4. The van der Waals surface area contributed by atoms with E-state index in [-0.39, 0.29) is 16.4 Å². The van der Waals surface area contributed by atoms with Gasteiger partial charge in [-0.2, -0.15) is 0 Å². The number of allylic oxidation sites excluding steroid dienone is 2. The monoisotopic (exact) mass is 314 g/mol. The van der Waals surface area contributed by atoms with Crippen molar-refractivity contribution in [2.24, 2.45) is 5.41 Å². The summed E-state index contributed by atoms with van der Waals surface area (Å²) in [7, 11) is 0. The number of phenolic OH excluding ortho intramolecular Hbond substituents is 1. The largest absolute Gasteiger partial charge is 0.507 e. The number of phenols is 1. The van der Waals surface area contributed by atoms with Crippen LogP contribution in [0.4, 0.5) is 0 Å². The summed E-state index contributed by atoms with van der Waals surface area (Å²) in [6, 6.07) is 4.08. The van der Waals surface area contributed by atoms with Gasteiger partial charge in [0, 0.05) is 16.4 Å². The highest BCUT2D eigenvalue weighted by Crippen LogP contribution is 2.63. The summed E-state index contributed by atoms with van der Waals surface area (Å²) < 4.78 is 6.47. The summed E-state index contributed by atoms with van der Waals surface area (Å²) in [4.78, 5) is 0. The van der Waals surface area contributed by atoms with E-state index < -0.39 is 0 Å². The predicted molar refractivity (Wildman–Crippen MR) is 95.3 cm³/mol. The number of hydrogen-bond acceptors (Lipinski definition) is 2. The molecule has 0 unspecified atom stereocenters. The standard InChI is InChI=1S/C21H30O2/c1-7-8-15-11-16(22)18-17(12-15)23-19(3,4)21(6)10-9-14(2)13-20(18,21)5/h11-13,22H,7-10H2,1-6H3/t20-,21-/m0/s1. The van der Waals surface area contributed by atoms with Crippen molar-refractivity contribution in [2.75, 3.05) is 0 Å². The first-order valence-electron chi connectivity index (χ1n) is 8.88. The van der Waals surface area contributed by atoms with Gasteiger partial charge in [0.05, 0.1) is 0 Å². The molecule has 0 bridgehead atoms. The molecule has 0 spiro atoms. The molecule has 2 nitrogen and oxygen atoms in total. The Balaban J connectivity index is 2.29. The smallest absolute Gasteiger partial charge is 0.128 e. The number of rotatable bonds is 2. The molecular weight excluding hydrogens is 284 g/mol. The molecule has 1 aliphatic heterocycles. The molecule has 0 amide bonds. The van der Waals surface area contributed by atoms with Crippen molar-refractivity contribution < 1.29 is 9.84 Å². The molecule has 0 radical (unpaired) electrons. The van der Waals surface area contributed by atoms with Gasteiger partial charge < -0.3 is 9.84 Å². The molecule has 1 aliphatic carbocycles. The van der Waals surface area contributed by atoms with Crippen molar-refractivity contribution in [2.45, 2.75) is 78.2 Å². The van der Waals surface area contributed by atoms with Crippen molar-refractivity contribution in [3.63, 3.8) is 0 Å². The van der Waals surface area contributed by atoms with Crippen LogP contribution in [0, 0.1) is 5.41 Å². The van der Waals surface area contributed by atoms with Crippen LogP contribution in [0.15, 0.2) is 23.8 Å². The Morgan fingerprint density at radius 3 is 2.52 bits per heavy atom. The average molecular weight is 314 g/mol. The van der Waals surface area contributed by atoms with Gasteiger partial charge in [-0.05, 0) is 57.7 Å². The highest BCUT2D eigenvalue weighted by atomic mass is 16.5. The Kier molecular flexibility index (Phi) is 3.59. The van der Waals surface area contributed by atoms with Crippen molar-refractivity contribution in [3.8, 4) is 11.5 Å². The molecule has 0 aromatic heterocycles. The van der Waals surface area contributed by atoms with E-state index in [0.29, 0.717) is 5.75 Å². The Morgan fingerprint density at radius 2 is 1.87 bits per heavy atom. The number of ether oxygens (including phenoxy) is 1. The number of hydrogen-bond donors (Lipinski definition) is 1. The van der Waals surface area contributed by atoms with Gasteiger partial charge in [0.1, 0.15) is 17.1 Å². The maximum atomic E-state index is 10.8. The highest BCUT2D eigenvalue weighted by Gasteiger charge is 2.60. The Morgan fingerprint density at radius 1 is 1.17 bits per heavy atom. The molecule has 126 valence electrons. The second kappa shape index (κ2) is 5.03. The van der Waals surface area contributed by atoms with E-state index in [1.54, 1.807) is 0 Å². The predicted octanol–water partition coefficient (Wildman–Crippen LogP) is 5.52. The molecule has 0 saturated heterocycles. The molecule has 0 saturated carbocycles. The highest BCUT2D eigenvalue weighted by molar-refractivity contribution is 5.58. The third kappa shape index (κ3) is 2.14. The summed E-state index contributed by atoms with van der Waals surface area (Å²) in [5.41, 5.74) is 3.01. The van der Waals surface area contributed by atoms with Crippen LogP contribution in [0.25, 0.3) is 0 Å². The number of fused-ring (bicyclic) bond motifs is 3. The SMILES string of the molecule is CCCc1cc(O)c2c(c1)OC(C)(C)[C@]1(C)CCC(C)=C[C@@]21C. The number of benzene rings is 1. The lowest BCUT2D eigenvalue weighted by Crippen LogP contribution is -2.60. The van der Waals surface area contributed by atoms with Crippen molar-refractivity contribution >= 4 is 0 Å². The fraction of sp³-hybridized carbons (Fsp3) is 0.619. The van der Waals surface area contributed by atoms with E-state index in [1.165, 1.54) is 5.57 Å². The van der Waals surface area contributed by atoms with E-state index in [0.717, 1.165) is 42.6 Å². The fourth-order valence-corrected chi connectivity index (χ4v) is 4.78. The zero-order chi connectivity index (χ0) is 17.0. The summed E-state index contributed by atoms with van der Waals surface area (Å²) in [6.07, 6.45) is 6.58. The molecule has 0 fully saturated rings. The first-order chi connectivity index (χ1) is 10.6. The van der Waals surface area contributed by atoms with Gasteiger partial charge >= 0.3 is 0 Å². The molecule has 2 heteroatoms. The normalized spacial score (nSPS) is 31.7. The van der Waals surface area contributed by atoms with Crippen molar-refractivity contribution in [3.05, 3.63) is 34.9 Å². The van der Waals surface area contributed by atoms with Gasteiger partial charge in [-0.25, -0.2) is 0 Å². The maximum Gasteiger partial charge on any atom is 0.128 e. The zero-order valence-corrected chi connectivity index (χ0v) is 15.4. The van der Waals surface area contributed by atoms with Crippen LogP contribution in [0.5, 0.6) is 11.5 Å². The third-order valence-corrected chi connectivity index (χ3v) is 6.59. The van der Waals surface area contributed by atoms with Gasteiger partial charge in [-0.1, -0.05) is 38.8 Å². The Hall–Kier alpha value is -1.44. The molecule has 1 aromatic carbocycles. The minimum Gasteiger partial charge on any atom is -0.507 e. The van der Waals surface area contributed by atoms with Crippen LogP contribution in [-0.4, -0.2) is 10.7 Å². The fourth-order valence-electron chi connectivity index (χ4n) is 4.78. The topological polar surface area (TPSA) is 29.5 Å². The minimum absolute atomic E-state index is 0.0454. The minimum atomic E-state index is -0.275. The maximum absolute atomic E-state index is 10.8. The first-order valence-corrected chi connectivity index (χ1v) is 8.88.